The fourth-order valence-corrected chi connectivity index (χ4v) is 1.56. The third kappa shape index (κ3) is 3.68. The van der Waals surface area contributed by atoms with Crippen molar-refractivity contribution in [3.8, 4) is 5.75 Å². The lowest BCUT2D eigenvalue weighted by molar-refractivity contribution is 0.102. The molecule has 0 spiro atoms. The molecule has 6 nitrogen and oxygen atoms in total. The first-order valence-electron chi connectivity index (χ1n) is 6.18. The van der Waals surface area contributed by atoms with Gasteiger partial charge in [0.15, 0.2) is 0 Å². The highest BCUT2D eigenvalue weighted by molar-refractivity contribution is 6.02. The van der Waals surface area contributed by atoms with E-state index >= 15 is 0 Å². The smallest absolute Gasteiger partial charge is 0.276 e. The number of carbonyl (C=O) groups excluding carboxylic acids is 1. The molecule has 0 unspecified atom stereocenters. The summed E-state index contributed by atoms with van der Waals surface area (Å²) < 4.78 is 5.51. The van der Waals surface area contributed by atoms with Gasteiger partial charge in [0, 0.05) is 11.8 Å². The second kappa shape index (κ2) is 6.01. The highest BCUT2D eigenvalue weighted by Crippen LogP contribution is 2.17. The Morgan fingerprint density at radius 3 is 2.45 bits per heavy atom. The predicted molar refractivity (Wildman–Crippen MR) is 75.0 cm³/mol. The first-order valence-corrected chi connectivity index (χ1v) is 6.18. The quantitative estimate of drug-likeness (QED) is 0.889. The molecule has 0 radical (unpaired) electrons. The van der Waals surface area contributed by atoms with Gasteiger partial charge in [0.25, 0.3) is 11.5 Å². The van der Waals surface area contributed by atoms with Crippen molar-refractivity contribution < 1.29 is 9.53 Å². The Balaban J connectivity index is 2.04. The number of hydrogen-bond acceptors (Lipinski definition) is 4. The molecule has 1 heterocycles. The number of aromatic amines is 1. The number of hydrogen-bond donors (Lipinski definition) is 2. The Morgan fingerprint density at radius 2 is 1.90 bits per heavy atom. The monoisotopic (exact) mass is 273 g/mol. The second-order valence-corrected chi connectivity index (χ2v) is 4.45. The summed E-state index contributed by atoms with van der Waals surface area (Å²) in [6, 6.07) is 9.64. The molecule has 104 valence electrons. The number of anilines is 1. The lowest BCUT2D eigenvalue weighted by Gasteiger charge is -2.10. The molecule has 1 aromatic heterocycles. The highest BCUT2D eigenvalue weighted by atomic mass is 16.5. The molecule has 2 N–H and O–H groups in total. The van der Waals surface area contributed by atoms with Crippen LogP contribution in [0.4, 0.5) is 5.69 Å². The topological polar surface area (TPSA) is 84.1 Å². The molecule has 0 saturated carbocycles. The number of aromatic nitrogens is 2. The standard InChI is InChI=1S/C14H15N3O3/c1-9(2)20-11-5-3-10(4-6-11)15-14(19)12-7-8-13(18)17-16-12/h3-9H,1-2H3,(H,15,19)(H,17,18). The number of carbonyl (C=O) groups is 1. The molecule has 0 saturated heterocycles. The molecule has 0 bridgehead atoms. The van der Waals surface area contributed by atoms with Gasteiger partial charge in [-0.15, -0.1) is 0 Å². The summed E-state index contributed by atoms with van der Waals surface area (Å²) in [7, 11) is 0. The van der Waals surface area contributed by atoms with Crippen LogP contribution in [0, 0.1) is 0 Å². The lowest BCUT2D eigenvalue weighted by atomic mass is 10.3. The maximum absolute atomic E-state index is 11.9. The minimum Gasteiger partial charge on any atom is -0.491 e. The van der Waals surface area contributed by atoms with Gasteiger partial charge in [0.05, 0.1) is 6.10 Å². The van der Waals surface area contributed by atoms with Gasteiger partial charge in [-0.1, -0.05) is 0 Å². The van der Waals surface area contributed by atoms with Crippen LogP contribution >= 0.6 is 0 Å². The molecule has 20 heavy (non-hydrogen) atoms. The number of H-pyrrole nitrogens is 1. The second-order valence-electron chi connectivity index (χ2n) is 4.45. The number of nitrogens with one attached hydrogen (secondary N) is 2. The van der Waals surface area contributed by atoms with E-state index in [1.165, 1.54) is 12.1 Å². The Kier molecular flexibility index (Phi) is 4.14. The van der Waals surface area contributed by atoms with E-state index < -0.39 is 5.91 Å². The van der Waals surface area contributed by atoms with Crippen LogP contribution in [-0.2, 0) is 0 Å². The van der Waals surface area contributed by atoms with Crippen molar-refractivity contribution in [1.82, 2.24) is 10.2 Å². The third-order valence-corrected chi connectivity index (χ3v) is 2.40. The fourth-order valence-electron chi connectivity index (χ4n) is 1.56. The Hall–Kier alpha value is -2.63. The molecule has 6 heteroatoms. The Labute approximate surface area is 115 Å². The van der Waals surface area contributed by atoms with Crippen LogP contribution in [0.25, 0.3) is 0 Å². The summed E-state index contributed by atoms with van der Waals surface area (Å²) in [6.45, 7) is 3.88. The molecule has 2 rings (SSSR count). The molecule has 2 aromatic rings. The van der Waals surface area contributed by atoms with Crippen molar-refractivity contribution in [1.29, 1.82) is 0 Å². The van der Waals surface area contributed by atoms with Crippen LogP contribution in [0.2, 0.25) is 0 Å². The van der Waals surface area contributed by atoms with Gasteiger partial charge in [0.2, 0.25) is 0 Å². The summed E-state index contributed by atoms with van der Waals surface area (Å²) in [4.78, 5) is 22.7. The molecule has 0 atom stereocenters. The number of nitrogens with zero attached hydrogens (tertiary/aromatic N) is 1. The molecule has 0 aliphatic carbocycles. The first kappa shape index (κ1) is 13.8. The summed E-state index contributed by atoms with van der Waals surface area (Å²) >= 11 is 0. The zero-order valence-corrected chi connectivity index (χ0v) is 11.2. The maximum atomic E-state index is 11.9. The first-order chi connectivity index (χ1) is 9.54. The number of benzene rings is 1. The Bertz CT molecular complexity index is 627. The fraction of sp³-hybridized carbons (Fsp3) is 0.214. The maximum Gasteiger partial charge on any atom is 0.276 e. The van der Waals surface area contributed by atoms with Crippen LogP contribution in [0.1, 0.15) is 24.3 Å². The molecular weight excluding hydrogens is 258 g/mol. The van der Waals surface area contributed by atoms with Crippen molar-refractivity contribution in [3.05, 3.63) is 52.4 Å². The number of rotatable bonds is 4. The molecule has 1 aromatic carbocycles. The average Bonchev–Trinajstić information content (AvgIpc) is 2.41. The highest BCUT2D eigenvalue weighted by Gasteiger charge is 2.07. The van der Waals surface area contributed by atoms with E-state index in [1.807, 2.05) is 13.8 Å². The predicted octanol–water partition coefficient (Wildman–Crippen LogP) is 1.81. The van der Waals surface area contributed by atoms with Gasteiger partial charge in [0.1, 0.15) is 11.4 Å². The Morgan fingerprint density at radius 1 is 1.20 bits per heavy atom. The van der Waals surface area contributed by atoms with Crippen molar-refractivity contribution in [2.75, 3.05) is 5.32 Å². The normalized spacial score (nSPS) is 10.3. The molecular formula is C14H15N3O3. The molecule has 0 aliphatic rings. The van der Waals surface area contributed by atoms with Crippen LogP contribution < -0.4 is 15.6 Å². The van der Waals surface area contributed by atoms with Crippen LogP contribution in [-0.4, -0.2) is 22.2 Å². The summed E-state index contributed by atoms with van der Waals surface area (Å²) in [5, 5.41) is 8.55. The summed E-state index contributed by atoms with van der Waals surface area (Å²) in [5.41, 5.74) is 0.419. The minimum atomic E-state index is -0.390. The van der Waals surface area contributed by atoms with Crippen molar-refractivity contribution in [2.45, 2.75) is 20.0 Å². The average molecular weight is 273 g/mol. The number of ether oxygens (including phenoxy) is 1. The van der Waals surface area contributed by atoms with Gasteiger partial charge < -0.3 is 10.1 Å². The largest absolute Gasteiger partial charge is 0.491 e. The molecule has 0 aliphatic heterocycles. The minimum absolute atomic E-state index is 0.0979. The van der Waals surface area contributed by atoms with E-state index in [0.29, 0.717) is 5.69 Å². The molecule has 0 fully saturated rings. The number of amides is 1. The van der Waals surface area contributed by atoms with Crippen molar-refractivity contribution >= 4 is 11.6 Å². The van der Waals surface area contributed by atoms with Crippen molar-refractivity contribution in [2.24, 2.45) is 0 Å². The zero-order valence-electron chi connectivity index (χ0n) is 11.2. The molecule has 1 amide bonds. The van der Waals surface area contributed by atoms with Crippen LogP contribution in [0.3, 0.4) is 0 Å². The van der Waals surface area contributed by atoms with Crippen LogP contribution in [0.15, 0.2) is 41.2 Å². The van der Waals surface area contributed by atoms with E-state index in [0.717, 1.165) is 5.75 Å². The SMILES string of the molecule is CC(C)Oc1ccc(NC(=O)c2ccc(=O)[nH]n2)cc1. The van der Waals surface area contributed by atoms with E-state index in [1.54, 1.807) is 24.3 Å². The van der Waals surface area contributed by atoms with E-state index in [2.05, 4.69) is 15.5 Å². The van der Waals surface area contributed by atoms with Gasteiger partial charge in [-0.3, -0.25) is 9.59 Å². The van der Waals surface area contributed by atoms with E-state index in [-0.39, 0.29) is 17.4 Å². The zero-order chi connectivity index (χ0) is 14.5. The third-order valence-electron chi connectivity index (χ3n) is 2.40. The lowest BCUT2D eigenvalue weighted by Crippen LogP contribution is -2.17. The van der Waals surface area contributed by atoms with Gasteiger partial charge in [-0.25, -0.2) is 5.10 Å². The van der Waals surface area contributed by atoms with Gasteiger partial charge >= 0.3 is 0 Å². The van der Waals surface area contributed by atoms with E-state index in [9.17, 15) is 9.59 Å². The van der Waals surface area contributed by atoms with Crippen LogP contribution in [0.5, 0.6) is 5.75 Å². The van der Waals surface area contributed by atoms with Gasteiger partial charge in [-0.05, 0) is 44.2 Å². The summed E-state index contributed by atoms with van der Waals surface area (Å²) in [6.07, 6.45) is 0.0979. The van der Waals surface area contributed by atoms with Gasteiger partial charge in [-0.2, -0.15) is 5.10 Å². The van der Waals surface area contributed by atoms with E-state index in [4.69, 9.17) is 4.74 Å². The summed E-state index contributed by atoms with van der Waals surface area (Å²) in [5.74, 6) is 0.346. The van der Waals surface area contributed by atoms with Crippen molar-refractivity contribution in [3.63, 3.8) is 0 Å².